The second-order valence-electron chi connectivity index (χ2n) is 4.42. The minimum atomic E-state index is -0.590. The maximum Gasteiger partial charge on any atom is 0.235 e. The summed E-state index contributed by atoms with van der Waals surface area (Å²) in [5, 5.41) is 2.75. The van der Waals surface area contributed by atoms with Crippen LogP contribution in [0.2, 0.25) is 0 Å². The van der Waals surface area contributed by atoms with Crippen molar-refractivity contribution in [2.75, 3.05) is 12.4 Å². The summed E-state index contributed by atoms with van der Waals surface area (Å²) in [5.74, 6) is 0.337. The van der Waals surface area contributed by atoms with E-state index < -0.39 is 5.54 Å². The molecule has 0 bridgehead atoms. The lowest BCUT2D eigenvalue weighted by Crippen LogP contribution is -2.14. The third kappa shape index (κ3) is 2.55. The van der Waals surface area contributed by atoms with Crippen molar-refractivity contribution >= 4 is 33.6 Å². The average Bonchev–Trinajstić information content (AvgIpc) is 3.10. The predicted octanol–water partition coefficient (Wildman–Crippen LogP) is 2.74. The number of anilines is 1. The third-order valence-corrected chi connectivity index (χ3v) is 3.75. The van der Waals surface area contributed by atoms with Crippen LogP contribution in [0, 0.1) is 0 Å². The van der Waals surface area contributed by atoms with Crippen molar-refractivity contribution in [2.24, 2.45) is 4.99 Å². The van der Waals surface area contributed by atoms with Gasteiger partial charge in [0, 0.05) is 17.0 Å². The number of methoxy groups -OCH3 is 1. The molecule has 0 saturated heterocycles. The Kier molecular flexibility index (Phi) is 3.73. The normalized spacial score (nSPS) is 15.3. The first-order chi connectivity index (χ1) is 9.04. The number of benzene rings is 1. The van der Waals surface area contributed by atoms with Crippen molar-refractivity contribution in [1.82, 2.24) is 0 Å². The highest BCUT2D eigenvalue weighted by Gasteiger charge is 2.48. The zero-order valence-electron chi connectivity index (χ0n) is 10.6. The van der Waals surface area contributed by atoms with Gasteiger partial charge in [-0.3, -0.25) is 4.79 Å². The van der Waals surface area contributed by atoms with Crippen LogP contribution in [-0.2, 0) is 15.1 Å². The molecule has 1 amide bonds. The predicted molar refractivity (Wildman–Crippen MR) is 74.0 cm³/mol. The standard InChI is InChI=1S/C13H13BrN2O3/c1-8(18)16-12-10(19-2)4-3-9(14)11(12)13(5-6-13)15-7-17/h3-4H,5-6H2,1-2H3,(H,16,18). The van der Waals surface area contributed by atoms with Gasteiger partial charge >= 0.3 is 0 Å². The van der Waals surface area contributed by atoms with Crippen LogP contribution in [0.3, 0.4) is 0 Å². The smallest absolute Gasteiger partial charge is 0.235 e. The molecule has 5 nitrogen and oxygen atoms in total. The fraction of sp³-hybridized carbons (Fsp3) is 0.385. The van der Waals surface area contributed by atoms with Crippen LogP contribution in [0.25, 0.3) is 0 Å². The molecule has 1 aromatic rings. The van der Waals surface area contributed by atoms with E-state index in [0.717, 1.165) is 22.9 Å². The van der Waals surface area contributed by atoms with Gasteiger partial charge in [-0.25, -0.2) is 4.79 Å². The van der Waals surface area contributed by atoms with Crippen LogP contribution >= 0.6 is 15.9 Å². The minimum Gasteiger partial charge on any atom is -0.495 e. The highest BCUT2D eigenvalue weighted by molar-refractivity contribution is 9.10. The molecule has 0 heterocycles. The van der Waals surface area contributed by atoms with E-state index in [0.29, 0.717) is 11.4 Å². The van der Waals surface area contributed by atoms with Crippen molar-refractivity contribution in [3.63, 3.8) is 0 Å². The van der Waals surface area contributed by atoms with Gasteiger partial charge in [-0.2, -0.15) is 4.99 Å². The van der Waals surface area contributed by atoms with Gasteiger partial charge < -0.3 is 10.1 Å². The van der Waals surface area contributed by atoms with E-state index in [-0.39, 0.29) is 5.91 Å². The van der Waals surface area contributed by atoms with Gasteiger partial charge in [0.05, 0.1) is 12.8 Å². The molecule has 0 aromatic heterocycles. The summed E-state index contributed by atoms with van der Waals surface area (Å²) < 4.78 is 6.05. The van der Waals surface area contributed by atoms with E-state index in [1.165, 1.54) is 14.0 Å². The summed E-state index contributed by atoms with van der Waals surface area (Å²) in [6.07, 6.45) is 3.12. The van der Waals surface area contributed by atoms with Crippen LogP contribution < -0.4 is 10.1 Å². The van der Waals surface area contributed by atoms with Gasteiger partial charge in [-0.15, -0.1) is 0 Å². The molecule has 2 rings (SSSR count). The summed E-state index contributed by atoms with van der Waals surface area (Å²) in [6.45, 7) is 1.42. The summed E-state index contributed by atoms with van der Waals surface area (Å²) in [6, 6.07) is 3.57. The van der Waals surface area contributed by atoms with Crippen LogP contribution in [-0.4, -0.2) is 19.1 Å². The van der Waals surface area contributed by atoms with Crippen molar-refractivity contribution < 1.29 is 14.3 Å². The van der Waals surface area contributed by atoms with E-state index in [1.54, 1.807) is 12.1 Å². The first kappa shape index (κ1) is 13.8. The Morgan fingerprint density at radius 3 is 2.68 bits per heavy atom. The number of halogens is 1. The molecule has 0 atom stereocenters. The van der Waals surface area contributed by atoms with Gasteiger partial charge in [0.2, 0.25) is 12.0 Å². The number of aliphatic imine (C=N–C) groups is 1. The monoisotopic (exact) mass is 324 g/mol. The number of amides is 1. The topological polar surface area (TPSA) is 67.8 Å². The van der Waals surface area contributed by atoms with Crippen LogP contribution in [0.1, 0.15) is 25.3 Å². The molecule has 100 valence electrons. The molecular weight excluding hydrogens is 312 g/mol. The summed E-state index contributed by atoms with van der Waals surface area (Å²) >= 11 is 3.45. The molecule has 0 unspecified atom stereocenters. The Morgan fingerprint density at radius 2 is 2.21 bits per heavy atom. The molecule has 1 saturated carbocycles. The average molecular weight is 325 g/mol. The number of carbonyl (C=O) groups is 1. The number of nitrogens with zero attached hydrogens (tertiary/aromatic N) is 1. The van der Waals surface area contributed by atoms with E-state index in [1.807, 2.05) is 6.07 Å². The zero-order chi connectivity index (χ0) is 14.0. The summed E-state index contributed by atoms with van der Waals surface area (Å²) in [7, 11) is 1.53. The number of rotatable bonds is 4. The second-order valence-corrected chi connectivity index (χ2v) is 5.27. The number of isocyanates is 1. The third-order valence-electron chi connectivity index (χ3n) is 3.09. The Labute approximate surface area is 119 Å². The first-order valence-electron chi connectivity index (χ1n) is 5.77. The van der Waals surface area contributed by atoms with Crippen molar-refractivity contribution in [3.05, 3.63) is 22.2 Å². The highest BCUT2D eigenvalue weighted by atomic mass is 79.9. The molecule has 1 aromatic carbocycles. The maximum atomic E-state index is 11.4. The fourth-order valence-corrected chi connectivity index (χ4v) is 2.81. The quantitative estimate of drug-likeness (QED) is 0.684. The number of hydrogen-bond acceptors (Lipinski definition) is 4. The largest absolute Gasteiger partial charge is 0.495 e. The van der Waals surface area contributed by atoms with Gasteiger partial charge in [0.15, 0.2) is 0 Å². The minimum absolute atomic E-state index is 0.205. The second kappa shape index (κ2) is 5.15. The molecule has 0 radical (unpaired) electrons. The van der Waals surface area contributed by atoms with E-state index in [9.17, 15) is 9.59 Å². The molecular formula is C13H13BrN2O3. The number of ether oxygens (including phenoxy) is 1. The molecule has 6 heteroatoms. The molecule has 1 fully saturated rings. The van der Waals surface area contributed by atoms with E-state index >= 15 is 0 Å². The Bertz CT molecular complexity index is 575. The molecule has 0 spiro atoms. The van der Waals surface area contributed by atoms with Crippen molar-refractivity contribution in [2.45, 2.75) is 25.3 Å². The highest BCUT2D eigenvalue weighted by Crippen LogP contribution is 2.55. The van der Waals surface area contributed by atoms with E-state index in [4.69, 9.17) is 4.74 Å². The summed E-state index contributed by atoms with van der Waals surface area (Å²) in [5.41, 5.74) is 0.735. The van der Waals surface area contributed by atoms with Crippen LogP contribution in [0.15, 0.2) is 21.6 Å². The fourth-order valence-electron chi connectivity index (χ4n) is 2.11. The van der Waals surface area contributed by atoms with Crippen molar-refractivity contribution in [1.29, 1.82) is 0 Å². The summed E-state index contributed by atoms with van der Waals surface area (Å²) in [4.78, 5) is 25.9. The zero-order valence-corrected chi connectivity index (χ0v) is 12.2. The van der Waals surface area contributed by atoms with Crippen LogP contribution in [0.5, 0.6) is 5.75 Å². The van der Waals surface area contributed by atoms with Gasteiger partial charge in [-0.05, 0) is 25.0 Å². The lowest BCUT2D eigenvalue weighted by Gasteiger charge is -2.19. The number of carbonyl (C=O) groups excluding carboxylic acids is 2. The van der Waals surface area contributed by atoms with Gasteiger partial charge in [0.1, 0.15) is 11.3 Å². The SMILES string of the molecule is COc1ccc(Br)c(C2(N=C=O)CC2)c1NC(C)=O. The molecule has 19 heavy (non-hydrogen) atoms. The van der Waals surface area contributed by atoms with E-state index in [2.05, 4.69) is 26.2 Å². The number of nitrogens with one attached hydrogen (secondary N) is 1. The van der Waals surface area contributed by atoms with Gasteiger partial charge in [-0.1, -0.05) is 15.9 Å². The molecule has 0 aliphatic heterocycles. The molecule has 1 N–H and O–H groups in total. The Balaban J connectivity index is 2.63. The van der Waals surface area contributed by atoms with Gasteiger partial charge in [0.25, 0.3) is 0 Å². The Morgan fingerprint density at radius 1 is 1.53 bits per heavy atom. The van der Waals surface area contributed by atoms with Crippen molar-refractivity contribution in [3.8, 4) is 5.75 Å². The molecule has 1 aliphatic rings. The number of hydrogen-bond donors (Lipinski definition) is 1. The lowest BCUT2D eigenvalue weighted by atomic mass is 10.0. The van der Waals surface area contributed by atoms with Crippen LogP contribution in [0.4, 0.5) is 5.69 Å². The first-order valence-corrected chi connectivity index (χ1v) is 6.57. The molecule has 1 aliphatic carbocycles. The lowest BCUT2D eigenvalue weighted by molar-refractivity contribution is -0.114. The maximum absolute atomic E-state index is 11.4. The Hall–Kier alpha value is -1.65.